The second kappa shape index (κ2) is 7.06. The van der Waals surface area contributed by atoms with Gasteiger partial charge in [0, 0.05) is 31.4 Å². The zero-order chi connectivity index (χ0) is 14.4. The Morgan fingerprint density at radius 1 is 1.35 bits per heavy atom. The molecule has 1 N–H and O–H groups in total. The number of hydrogen-bond donors (Lipinski definition) is 1. The lowest BCUT2D eigenvalue weighted by Gasteiger charge is -2.20. The minimum atomic E-state index is 0.993. The van der Waals surface area contributed by atoms with Gasteiger partial charge < -0.3 is 10.2 Å². The molecule has 0 spiro atoms. The first-order chi connectivity index (χ1) is 9.76. The van der Waals surface area contributed by atoms with E-state index in [2.05, 4.69) is 35.0 Å². The van der Waals surface area contributed by atoms with E-state index in [-0.39, 0.29) is 0 Å². The second-order valence-electron chi connectivity index (χ2n) is 4.89. The number of hydrogen-bond acceptors (Lipinski definition) is 3. The Morgan fingerprint density at radius 3 is 2.90 bits per heavy atom. The van der Waals surface area contributed by atoms with Gasteiger partial charge in [-0.15, -0.1) is 0 Å². The van der Waals surface area contributed by atoms with Crippen molar-refractivity contribution in [2.45, 2.75) is 19.8 Å². The molecule has 2 rings (SSSR count). The smallest absolute Gasteiger partial charge is 0.132 e. The first-order valence-corrected chi connectivity index (χ1v) is 7.15. The Balaban J connectivity index is 2.26. The molecule has 1 aliphatic heterocycles. The quantitative estimate of drug-likeness (QED) is 0.852. The zero-order valence-electron chi connectivity index (χ0n) is 12.4. The van der Waals surface area contributed by atoms with Crippen LogP contribution in [-0.2, 0) is 12.8 Å². The number of anilines is 1. The van der Waals surface area contributed by atoms with E-state index in [9.17, 15) is 0 Å². The van der Waals surface area contributed by atoms with Gasteiger partial charge in [0.25, 0.3) is 0 Å². The highest BCUT2D eigenvalue weighted by molar-refractivity contribution is 5.50. The van der Waals surface area contributed by atoms with E-state index < -0.39 is 0 Å². The Morgan fingerprint density at radius 2 is 2.15 bits per heavy atom. The number of nitrogens with one attached hydrogen (secondary N) is 1. The molecule has 0 fully saturated rings. The number of aromatic nitrogens is 1. The summed E-state index contributed by atoms with van der Waals surface area (Å²) in [7, 11) is 2.05. The van der Waals surface area contributed by atoms with Crippen molar-refractivity contribution in [2.24, 2.45) is 0 Å². The Hall–Kier alpha value is -1.87. The molecule has 20 heavy (non-hydrogen) atoms. The topological polar surface area (TPSA) is 28.2 Å². The Labute approximate surface area is 121 Å². The summed E-state index contributed by atoms with van der Waals surface area (Å²) in [5, 5.41) is 3.42. The standard InChI is InChI=1S/C17H23N3/c1-4-6-7-15(5-2)20(3)17-9-8-14-10-12-18-13-11-16(14)19-17/h4-9,18H,1,10-13H2,2-3H3/b7-6-,15-5+. The molecule has 0 atom stereocenters. The summed E-state index contributed by atoms with van der Waals surface area (Å²) in [6, 6.07) is 4.32. The van der Waals surface area contributed by atoms with Gasteiger partial charge in [0.15, 0.2) is 0 Å². The highest BCUT2D eigenvalue weighted by Gasteiger charge is 2.12. The van der Waals surface area contributed by atoms with Gasteiger partial charge in [-0.05, 0) is 37.6 Å². The number of fused-ring (bicyclic) bond motifs is 1. The van der Waals surface area contributed by atoms with Gasteiger partial charge in [-0.25, -0.2) is 4.98 Å². The van der Waals surface area contributed by atoms with E-state index >= 15 is 0 Å². The van der Waals surface area contributed by atoms with E-state index in [0.717, 1.165) is 37.4 Å². The fraction of sp³-hybridized carbons (Fsp3) is 0.353. The molecular formula is C17H23N3. The van der Waals surface area contributed by atoms with Gasteiger partial charge in [-0.2, -0.15) is 0 Å². The van der Waals surface area contributed by atoms with E-state index in [1.165, 1.54) is 11.3 Å². The molecular weight excluding hydrogens is 246 g/mol. The van der Waals surface area contributed by atoms with Crippen molar-refractivity contribution >= 4 is 5.82 Å². The predicted molar refractivity (Wildman–Crippen MR) is 86.0 cm³/mol. The average Bonchev–Trinajstić information content (AvgIpc) is 2.72. The molecule has 3 heteroatoms. The van der Waals surface area contributed by atoms with Crippen molar-refractivity contribution in [3.05, 3.63) is 60.0 Å². The molecule has 0 unspecified atom stereocenters. The molecule has 0 aliphatic carbocycles. The van der Waals surface area contributed by atoms with E-state index in [4.69, 9.17) is 4.98 Å². The predicted octanol–water partition coefficient (Wildman–Crippen LogP) is 2.85. The number of allylic oxidation sites excluding steroid dienone is 4. The molecule has 0 aromatic carbocycles. The van der Waals surface area contributed by atoms with Crippen LogP contribution in [0.25, 0.3) is 0 Å². The Kier molecular flexibility index (Phi) is 5.13. The maximum Gasteiger partial charge on any atom is 0.132 e. The summed E-state index contributed by atoms with van der Waals surface area (Å²) in [6.07, 6.45) is 9.92. The SMILES string of the molecule is C=C/C=C\C(=C/C)N(C)c1ccc2c(n1)CCNCC2. The number of rotatable bonds is 4. The van der Waals surface area contributed by atoms with Crippen molar-refractivity contribution in [1.29, 1.82) is 0 Å². The first kappa shape index (κ1) is 14.5. The summed E-state index contributed by atoms with van der Waals surface area (Å²) in [6.45, 7) is 7.81. The molecule has 0 bridgehead atoms. The monoisotopic (exact) mass is 269 g/mol. The van der Waals surface area contributed by atoms with Crippen LogP contribution in [0.15, 0.2) is 48.7 Å². The molecule has 0 saturated carbocycles. The summed E-state index contributed by atoms with van der Waals surface area (Å²) < 4.78 is 0. The molecule has 2 heterocycles. The summed E-state index contributed by atoms with van der Waals surface area (Å²) in [5.74, 6) is 0.993. The molecule has 0 amide bonds. The third kappa shape index (κ3) is 3.36. The third-order valence-corrected chi connectivity index (χ3v) is 3.59. The number of pyridine rings is 1. The van der Waals surface area contributed by atoms with Crippen molar-refractivity contribution in [3.63, 3.8) is 0 Å². The highest BCUT2D eigenvalue weighted by Crippen LogP contribution is 2.20. The maximum atomic E-state index is 4.84. The third-order valence-electron chi connectivity index (χ3n) is 3.59. The number of likely N-dealkylation sites (N-methyl/N-ethyl adjacent to an activating group) is 1. The zero-order valence-corrected chi connectivity index (χ0v) is 12.4. The molecule has 0 saturated heterocycles. The molecule has 106 valence electrons. The first-order valence-electron chi connectivity index (χ1n) is 7.15. The average molecular weight is 269 g/mol. The fourth-order valence-corrected chi connectivity index (χ4v) is 2.40. The molecule has 3 nitrogen and oxygen atoms in total. The lowest BCUT2D eigenvalue weighted by atomic mass is 10.1. The normalized spacial score (nSPS) is 15.8. The van der Waals surface area contributed by atoms with Crippen LogP contribution >= 0.6 is 0 Å². The van der Waals surface area contributed by atoms with E-state index in [1.54, 1.807) is 6.08 Å². The van der Waals surface area contributed by atoms with Crippen LogP contribution in [0.4, 0.5) is 5.82 Å². The fourth-order valence-electron chi connectivity index (χ4n) is 2.40. The van der Waals surface area contributed by atoms with E-state index in [1.807, 2.05) is 26.1 Å². The van der Waals surface area contributed by atoms with Crippen LogP contribution in [0.3, 0.4) is 0 Å². The summed E-state index contributed by atoms with van der Waals surface area (Å²) >= 11 is 0. The van der Waals surface area contributed by atoms with Crippen LogP contribution in [0.2, 0.25) is 0 Å². The summed E-state index contributed by atoms with van der Waals surface area (Å²) in [4.78, 5) is 6.95. The largest absolute Gasteiger partial charge is 0.330 e. The van der Waals surface area contributed by atoms with Gasteiger partial charge >= 0.3 is 0 Å². The highest BCUT2D eigenvalue weighted by atomic mass is 15.2. The molecule has 1 aromatic heterocycles. The van der Waals surface area contributed by atoms with E-state index in [0.29, 0.717) is 0 Å². The second-order valence-corrected chi connectivity index (χ2v) is 4.89. The van der Waals surface area contributed by atoms with Gasteiger partial charge in [0.2, 0.25) is 0 Å². The number of nitrogens with zero attached hydrogens (tertiary/aromatic N) is 2. The van der Waals surface area contributed by atoms with Crippen LogP contribution in [0.1, 0.15) is 18.2 Å². The van der Waals surface area contributed by atoms with Crippen molar-refractivity contribution in [1.82, 2.24) is 10.3 Å². The summed E-state index contributed by atoms with van der Waals surface area (Å²) in [5.41, 5.74) is 3.71. The molecule has 0 radical (unpaired) electrons. The van der Waals surface area contributed by atoms with Gasteiger partial charge in [-0.1, -0.05) is 30.9 Å². The van der Waals surface area contributed by atoms with Gasteiger partial charge in [0.1, 0.15) is 5.82 Å². The minimum Gasteiger partial charge on any atom is -0.330 e. The maximum absolute atomic E-state index is 4.84. The Bertz CT molecular complexity index is 529. The molecule has 1 aliphatic rings. The lowest BCUT2D eigenvalue weighted by molar-refractivity contribution is 0.708. The van der Waals surface area contributed by atoms with Crippen LogP contribution in [0.5, 0.6) is 0 Å². The van der Waals surface area contributed by atoms with Crippen LogP contribution < -0.4 is 10.2 Å². The lowest BCUT2D eigenvalue weighted by Crippen LogP contribution is -2.17. The molecule has 1 aromatic rings. The van der Waals surface area contributed by atoms with Crippen molar-refractivity contribution in [3.8, 4) is 0 Å². The minimum absolute atomic E-state index is 0.993. The van der Waals surface area contributed by atoms with Crippen LogP contribution in [0, 0.1) is 0 Å². The van der Waals surface area contributed by atoms with Gasteiger partial charge in [0.05, 0.1) is 0 Å². The van der Waals surface area contributed by atoms with Crippen molar-refractivity contribution < 1.29 is 0 Å². The van der Waals surface area contributed by atoms with Gasteiger partial charge in [-0.3, -0.25) is 0 Å². The van der Waals surface area contributed by atoms with Crippen LogP contribution in [-0.4, -0.2) is 25.1 Å². The van der Waals surface area contributed by atoms with Crippen molar-refractivity contribution in [2.75, 3.05) is 25.0 Å².